The number of carbonyl (C=O) groups excluding carboxylic acids is 2. The number of benzene rings is 1. The molecular formula is C19H26N4O4. The molecule has 3 amide bonds. The molecule has 0 radical (unpaired) electrons. The Kier molecular flexibility index (Phi) is 7.79. The van der Waals surface area contributed by atoms with Gasteiger partial charge in [-0.25, -0.2) is 9.79 Å². The van der Waals surface area contributed by atoms with Crippen LogP contribution in [0.4, 0.5) is 4.79 Å². The number of urea groups is 1. The number of carbonyl (C=O) groups is 3. The van der Waals surface area contributed by atoms with Gasteiger partial charge < -0.3 is 10.4 Å². The fraction of sp³-hybridized carbons (Fsp3) is 0.474. The van der Waals surface area contributed by atoms with Crippen molar-refractivity contribution in [1.29, 1.82) is 0 Å². The third-order valence-corrected chi connectivity index (χ3v) is 4.43. The van der Waals surface area contributed by atoms with Gasteiger partial charge in [0.05, 0.1) is 6.54 Å². The van der Waals surface area contributed by atoms with Crippen LogP contribution in [0.3, 0.4) is 0 Å². The van der Waals surface area contributed by atoms with Gasteiger partial charge in [0.2, 0.25) is 11.9 Å². The molecule has 1 aliphatic rings. The monoisotopic (exact) mass is 374 g/mol. The van der Waals surface area contributed by atoms with Crippen molar-refractivity contribution in [2.75, 3.05) is 0 Å². The number of aliphatic imine (C=N–C) groups is 1. The van der Waals surface area contributed by atoms with E-state index in [2.05, 4.69) is 20.9 Å². The number of hydrogen-bond donors (Lipinski definition) is 4. The minimum absolute atomic E-state index is 0.0181. The van der Waals surface area contributed by atoms with Gasteiger partial charge in [-0.1, -0.05) is 49.6 Å². The second kappa shape index (κ2) is 10.3. The zero-order chi connectivity index (χ0) is 19.6. The Morgan fingerprint density at radius 3 is 2.41 bits per heavy atom. The van der Waals surface area contributed by atoms with Crippen LogP contribution in [-0.4, -0.2) is 35.0 Å². The molecule has 1 aromatic carbocycles. The van der Waals surface area contributed by atoms with Gasteiger partial charge in [0, 0.05) is 5.92 Å². The highest BCUT2D eigenvalue weighted by Gasteiger charge is 2.23. The van der Waals surface area contributed by atoms with Crippen LogP contribution in [-0.2, 0) is 16.1 Å². The van der Waals surface area contributed by atoms with Crippen molar-refractivity contribution in [3.8, 4) is 0 Å². The highest BCUT2D eigenvalue weighted by molar-refractivity contribution is 6.05. The van der Waals surface area contributed by atoms with Gasteiger partial charge in [-0.3, -0.25) is 20.2 Å². The van der Waals surface area contributed by atoms with E-state index in [1.54, 1.807) is 0 Å². The first-order valence-electron chi connectivity index (χ1n) is 9.15. The van der Waals surface area contributed by atoms with Crippen molar-refractivity contribution in [2.45, 2.75) is 51.6 Å². The highest BCUT2D eigenvalue weighted by atomic mass is 16.4. The van der Waals surface area contributed by atoms with E-state index in [0.717, 1.165) is 37.7 Å². The molecule has 0 aromatic heterocycles. The van der Waals surface area contributed by atoms with Gasteiger partial charge >= 0.3 is 12.0 Å². The lowest BCUT2D eigenvalue weighted by molar-refractivity contribution is -0.138. The van der Waals surface area contributed by atoms with Crippen molar-refractivity contribution in [3.05, 3.63) is 35.9 Å². The molecule has 27 heavy (non-hydrogen) atoms. The van der Waals surface area contributed by atoms with Crippen molar-refractivity contribution < 1.29 is 19.5 Å². The fourth-order valence-corrected chi connectivity index (χ4v) is 2.85. The lowest BCUT2D eigenvalue weighted by atomic mass is 9.89. The number of rotatable bonds is 5. The quantitative estimate of drug-likeness (QED) is 0.465. The first-order chi connectivity index (χ1) is 13.0. The molecule has 1 atom stereocenters. The van der Waals surface area contributed by atoms with Gasteiger partial charge in [0.1, 0.15) is 6.04 Å². The van der Waals surface area contributed by atoms with Crippen LogP contribution in [0.5, 0.6) is 0 Å². The van der Waals surface area contributed by atoms with E-state index in [-0.39, 0.29) is 24.3 Å². The standard InChI is InChI=1S/C19H26N4O4/c1-13(17(25)26)21-19(27)23-18(20-12-14-8-4-2-5-9-14)22-16(24)15-10-6-3-7-11-15/h2,4-5,8-9,13,15H,3,6-7,10-12H2,1H3,(H,25,26)(H3,20,21,22,23,24,27)/t13-/m0/s1. The fourth-order valence-electron chi connectivity index (χ4n) is 2.85. The van der Waals surface area contributed by atoms with E-state index in [9.17, 15) is 14.4 Å². The van der Waals surface area contributed by atoms with Gasteiger partial charge in [0.25, 0.3) is 0 Å². The average molecular weight is 374 g/mol. The van der Waals surface area contributed by atoms with Crippen molar-refractivity contribution in [1.82, 2.24) is 16.0 Å². The molecule has 1 aliphatic carbocycles. The van der Waals surface area contributed by atoms with Crippen LogP contribution in [0, 0.1) is 5.92 Å². The molecule has 0 saturated heterocycles. The number of guanidine groups is 1. The molecule has 0 spiro atoms. The summed E-state index contributed by atoms with van der Waals surface area (Å²) in [7, 11) is 0. The smallest absolute Gasteiger partial charge is 0.325 e. The molecule has 146 valence electrons. The molecule has 2 rings (SSSR count). The number of aliphatic carboxylic acids is 1. The Bertz CT molecular complexity index is 684. The predicted molar refractivity (Wildman–Crippen MR) is 101 cm³/mol. The molecule has 1 fully saturated rings. The summed E-state index contributed by atoms with van der Waals surface area (Å²) < 4.78 is 0. The normalized spacial score (nSPS) is 16.3. The predicted octanol–water partition coefficient (Wildman–Crippen LogP) is 2.01. The summed E-state index contributed by atoms with van der Waals surface area (Å²) in [5, 5.41) is 16.3. The Morgan fingerprint density at radius 1 is 1.11 bits per heavy atom. The minimum atomic E-state index is -1.15. The third-order valence-electron chi connectivity index (χ3n) is 4.43. The number of carboxylic acids is 1. The molecular weight excluding hydrogens is 348 g/mol. The molecule has 0 heterocycles. The van der Waals surface area contributed by atoms with Crippen LogP contribution in [0.15, 0.2) is 35.3 Å². The van der Waals surface area contributed by atoms with Crippen LogP contribution < -0.4 is 16.0 Å². The Hall–Kier alpha value is -2.90. The maximum absolute atomic E-state index is 12.5. The largest absolute Gasteiger partial charge is 0.480 e. The van der Waals surface area contributed by atoms with E-state index in [1.165, 1.54) is 6.92 Å². The maximum atomic E-state index is 12.5. The summed E-state index contributed by atoms with van der Waals surface area (Å²) in [6, 6.07) is 7.61. The average Bonchev–Trinajstić information content (AvgIpc) is 2.67. The Labute approximate surface area is 158 Å². The Morgan fingerprint density at radius 2 is 1.78 bits per heavy atom. The zero-order valence-electron chi connectivity index (χ0n) is 15.4. The van der Waals surface area contributed by atoms with Crippen LogP contribution >= 0.6 is 0 Å². The zero-order valence-corrected chi connectivity index (χ0v) is 15.4. The number of nitrogens with one attached hydrogen (secondary N) is 3. The molecule has 1 saturated carbocycles. The number of amides is 3. The van der Waals surface area contributed by atoms with Crippen LogP contribution in [0.2, 0.25) is 0 Å². The van der Waals surface area contributed by atoms with Gasteiger partial charge in [-0.05, 0) is 25.3 Å². The summed E-state index contributed by atoms with van der Waals surface area (Å²) in [4.78, 5) is 39.7. The van der Waals surface area contributed by atoms with Gasteiger partial charge in [-0.2, -0.15) is 0 Å². The Balaban J connectivity index is 2.03. The minimum Gasteiger partial charge on any atom is -0.480 e. The lowest BCUT2D eigenvalue weighted by Crippen LogP contribution is -2.52. The highest BCUT2D eigenvalue weighted by Crippen LogP contribution is 2.23. The van der Waals surface area contributed by atoms with E-state index in [1.807, 2.05) is 30.3 Å². The summed E-state index contributed by atoms with van der Waals surface area (Å²) >= 11 is 0. The van der Waals surface area contributed by atoms with E-state index in [0.29, 0.717) is 0 Å². The lowest BCUT2D eigenvalue weighted by Gasteiger charge is -2.21. The van der Waals surface area contributed by atoms with Crippen molar-refractivity contribution in [3.63, 3.8) is 0 Å². The number of hydrogen-bond acceptors (Lipinski definition) is 4. The van der Waals surface area contributed by atoms with E-state index >= 15 is 0 Å². The summed E-state index contributed by atoms with van der Waals surface area (Å²) in [5.41, 5.74) is 0.919. The molecule has 0 aliphatic heterocycles. The summed E-state index contributed by atoms with van der Waals surface area (Å²) in [5.74, 6) is -1.40. The topological polar surface area (TPSA) is 120 Å². The summed E-state index contributed by atoms with van der Waals surface area (Å²) in [6.07, 6.45) is 4.80. The van der Waals surface area contributed by atoms with E-state index < -0.39 is 18.0 Å². The number of carboxylic acid groups (broad SMARTS) is 1. The molecule has 4 N–H and O–H groups in total. The van der Waals surface area contributed by atoms with Crippen LogP contribution in [0.25, 0.3) is 0 Å². The first-order valence-corrected chi connectivity index (χ1v) is 9.15. The van der Waals surface area contributed by atoms with Gasteiger partial charge in [-0.15, -0.1) is 0 Å². The SMILES string of the molecule is C[C@H](NC(=O)NC(=NCc1ccccc1)NC(=O)C1CCCCC1)C(=O)O. The van der Waals surface area contributed by atoms with Crippen LogP contribution in [0.1, 0.15) is 44.6 Å². The third kappa shape index (κ3) is 7.08. The van der Waals surface area contributed by atoms with E-state index in [4.69, 9.17) is 5.11 Å². The maximum Gasteiger partial charge on any atom is 0.325 e. The first kappa shape index (κ1) is 20.4. The molecule has 8 nitrogen and oxygen atoms in total. The second-order valence-electron chi connectivity index (χ2n) is 6.63. The molecule has 1 aromatic rings. The molecule has 8 heteroatoms. The van der Waals surface area contributed by atoms with Crippen molar-refractivity contribution in [2.24, 2.45) is 10.9 Å². The molecule has 0 unspecified atom stereocenters. The second-order valence-corrected chi connectivity index (χ2v) is 6.63. The summed E-state index contributed by atoms with van der Waals surface area (Å²) in [6.45, 7) is 1.62. The molecule has 0 bridgehead atoms. The number of nitrogens with zero attached hydrogens (tertiary/aromatic N) is 1. The van der Waals surface area contributed by atoms with Gasteiger partial charge in [0.15, 0.2) is 0 Å². The van der Waals surface area contributed by atoms with Crippen molar-refractivity contribution >= 4 is 23.9 Å².